The Morgan fingerprint density at radius 1 is 0.295 bits per heavy atom. The molecule has 0 unspecified atom stereocenters. The van der Waals surface area contributed by atoms with Crippen LogP contribution in [0.2, 0.25) is 0 Å². The van der Waals surface area contributed by atoms with Gasteiger partial charge in [0.15, 0.2) is 17.5 Å². The van der Waals surface area contributed by atoms with Crippen molar-refractivity contribution in [3.63, 3.8) is 0 Å². The van der Waals surface area contributed by atoms with Gasteiger partial charge in [-0.3, -0.25) is 9.97 Å². The SMILES string of the molecule is c1ccc(-c2ccc3c(c2)c2cc(-c4ccccc4)ccc2n3-c2c(-c3ccccc3)cc(-c3nc(-c4ccccn4)nc(-c4ccccn4)n3)cc2-c2ccccc2)cc1. The average molecular weight is 781 g/mol. The van der Waals surface area contributed by atoms with Crippen LogP contribution in [0.4, 0.5) is 0 Å². The highest BCUT2D eigenvalue weighted by Gasteiger charge is 2.24. The molecule has 0 atom stereocenters. The van der Waals surface area contributed by atoms with Crippen molar-refractivity contribution in [1.82, 2.24) is 29.5 Å². The Hall–Kier alpha value is -8.35. The Morgan fingerprint density at radius 3 is 1.10 bits per heavy atom. The Kier molecular flexibility index (Phi) is 9.06. The molecule has 0 radical (unpaired) electrons. The van der Waals surface area contributed by atoms with E-state index in [9.17, 15) is 0 Å². The first kappa shape index (κ1) is 35.8. The number of rotatable bonds is 8. The molecule has 61 heavy (non-hydrogen) atoms. The van der Waals surface area contributed by atoms with E-state index >= 15 is 0 Å². The maximum Gasteiger partial charge on any atom is 0.182 e. The van der Waals surface area contributed by atoms with Gasteiger partial charge in [-0.2, -0.15) is 0 Å². The van der Waals surface area contributed by atoms with Crippen molar-refractivity contribution in [2.75, 3.05) is 0 Å². The summed E-state index contributed by atoms with van der Waals surface area (Å²) in [7, 11) is 0. The van der Waals surface area contributed by atoms with E-state index in [4.69, 9.17) is 15.0 Å². The van der Waals surface area contributed by atoms with Gasteiger partial charge in [0.05, 0.1) is 16.7 Å². The molecule has 286 valence electrons. The van der Waals surface area contributed by atoms with Gasteiger partial charge in [-0.25, -0.2) is 15.0 Å². The Balaban J connectivity index is 1.24. The molecule has 0 N–H and O–H groups in total. The minimum atomic E-state index is 0.476. The zero-order valence-corrected chi connectivity index (χ0v) is 33.0. The molecule has 4 aromatic heterocycles. The molecule has 11 rings (SSSR count). The summed E-state index contributed by atoms with van der Waals surface area (Å²) in [6, 6.07) is 72.2. The van der Waals surface area contributed by atoms with E-state index in [-0.39, 0.29) is 0 Å². The molecule has 0 amide bonds. The molecule has 0 spiro atoms. The van der Waals surface area contributed by atoms with E-state index in [1.165, 1.54) is 33.0 Å². The van der Waals surface area contributed by atoms with Crippen LogP contribution in [0.15, 0.2) is 219 Å². The Morgan fingerprint density at radius 2 is 0.689 bits per heavy atom. The molecule has 0 aliphatic carbocycles. The number of aromatic nitrogens is 6. The van der Waals surface area contributed by atoms with Gasteiger partial charge < -0.3 is 4.57 Å². The molecule has 0 bridgehead atoms. The zero-order chi connectivity index (χ0) is 40.5. The molecule has 7 aromatic carbocycles. The number of fused-ring (bicyclic) bond motifs is 3. The topological polar surface area (TPSA) is 69.4 Å². The minimum absolute atomic E-state index is 0.476. The third kappa shape index (κ3) is 6.72. The van der Waals surface area contributed by atoms with Gasteiger partial charge in [0.2, 0.25) is 0 Å². The highest BCUT2D eigenvalue weighted by Crippen LogP contribution is 2.45. The molecule has 0 saturated carbocycles. The summed E-state index contributed by atoms with van der Waals surface area (Å²) in [5.74, 6) is 1.48. The van der Waals surface area contributed by atoms with Crippen LogP contribution in [-0.2, 0) is 0 Å². The van der Waals surface area contributed by atoms with Crippen molar-refractivity contribution in [2.24, 2.45) is 0 Å². The van der Waals surface area contributed by atoms with Gasteiger partial charge in [0.25, 0.3) is 0 Å². The van der Waals surface area contributed by atoms with E-state index in [1.807, 2.05) is 36.4 Å². The summed E-state index contributed by atoms with van der Waals surface area (Å²) in [6.45, 7) is 0. The molecule has 6 heteroatoms. The van der Waals surface area contributed by atoms with Crippen LogP contribution < -0.4 is 0 Å². The van der Waals surface area contributed by atoms with Crippen molar-refractivity contribution in [3.05, 3.63) is 219 Å². The van der Waals surface area contributed by atoms with Gasteiger partial charge in [0.1, 0.15) is 11.4 Å². The molecular weight excluding hydrogens is 745 g/mol. The molecular formula is C55H36N6. The number of hydrogen-bond acceptors (Lipinski definition) is 5. The zero-order valence-electron chi connectivity index (χ0n) is 33.0. The van der Waals surface area contributed by atoms with Crippen LogP contribution in [0.1, 0.15) is 0 Å². The summed E-state index contributed by atoms with van der Waals surface area (Å²) in [5, 5.41) is 2.35. The lowest BCUT2D eigenvalue weighted by Crippen LogP contribution is -2.04. The van der Waals surface area contributed by atoms with Crippen LogP contribution in [0.25, 0.3) is 106 Å². The minimum Gasteiger partial charge on any atom is -0.308 e. The Labute approximate surface area is 353 Å². The largest absolute Gasteiger partial charge is 0.308 e. The number of benzene rings is 7. The summed E-state index contributed by atoms with van der Waals surface area (Å²) < 4.78 is 2.45. The van der Waals surface area contributed by atoms with Gasteiger partial charge in [-0.15, -0.1) is 0 Å². The number of hydrogen-bond donors (Lipinski definition) is 0. The summed E-state index contributed by atoms with van der Waals surface area (Å²) in [5.41, 5.74) is 14.3. The average Bonchev–Trinajstić information content (AvgIpc) is 3.67. The molecule has 11 aromatic rings. The van der Waals surface area contributed by atoms with Gasteiger partial charge in [-0.05, 0) is 94.0 Å². The van der Waals surface area contributed by atoms with E-state index in [1.54, 1.807) is 12.4 Å². The predicted octanol–water partition coefficient (Wildman–Crippen LogP) is 13.4. The Bertz CT molecular complexity index is 3100. The lowest BCUT2D eigenvalue weighted by molar-refractivity contribution is 1.05. The van der Waals surface area contributed by atoms with Crippen molar-refractivity contribution < 1.29 is 0 Å². The van der Waals surface area contributed by atoms with Crippen molar-refractivity contribution in [1.29, 1.82) is 0 Å². The quantitative estimate of drug-likeness (QED) is 0.154. The van der Waals surface area contributed by atoms with E-state index in [0.29, 0.717) is 28.9 Å². The van der Waals surface area contributed by atoms with Crippen molar-refractivity contribution in [2.45, 2.75) is 0 Å². The third-order valence-corrected chi connectivity index (χ3v) is 11.2. The van der Waals surface area contributed by atoms with E-state index in [0.717, 1.165) is 44.5 Å². The first-order valence-electron chi connectivity index (χ1n) is 20.3. The van der Waals surface area contributed by atoms with Crippen LogP contribution in [0, 0.1) is 0 Å². The molecule has 0 saturated heterocycles. The maximum absolute atomic E-state index is 5.12. The maximum atomic E-state index is 5.12. The van der Waals surface area contributed by atoms with Gasteiger partial charge >= 0.3 is 0 Å². The smallest absolute Gasteiger partial charge is 0.182 e. The molecule has 4 heterocycles. The monoisotopic (exact) mass is 780 g/mol. The molecule has 0 fully saturated rings. The second-order valence-corrected chi connectivity index (χ2v) is 14.9. The van der Waals surface area contributed by atoms with Crippen LogP contribution in [-0.4, -0.2) is 29.5 Å². The normalized spacial score (nSPS) is 11.3. The molecule has 6 nitrogen and oxygen atoms in total. The lowest BCUT2D eigenvalue weighted by atomic mass is 9.92. The van der Waals surface area contributed by atoms with Crippen LogP contribution in [0.3, 0.4) is 0 Å². The van der Waals surface area contributed by atoms with Crippen LogP contribution in [0.5, 0.6) is 0 Å². The van der Waals surface area contributed by atoms with Crippen molar-refractivity contribution in [3.8, 4) is 84.6 Å². The fourth-order valence-electron chi connectivity index (χ4n) is 8.29. The molecule has 0 aliphatic heterocycles. The van der Waals surface area contributed by atoms with Gasteiger partial charge in [0, 0.05) is 39.9 Å². The predicted molar refractivity (Wildman–Crippen MR) is 248 cm³/mol. The summed E-state index contributed by atoms with van der Waals surface area (Å²) in [6.07, 6.45) is 3.51. The highest BCUT2D eigenvalue weighted by molar-refractivity contribution is 6.13. The van der Waals surface area contributed by atoms with Crippen LogP contribution >= 0.6 is 0 Å². The van der Waals surface area contributed by atoms with E-state index < -0.39 is 0 Å². The molecule has 0 aliphatic rings. The highest BCUT2D eigenvalue weighted by atomic mass is 15.1. The number of pyridine rings is 2. The van der Waals surface area contributed by atoms with Gasteiger partial charge in [-0.1, -0.05) is 146 Å². The fourth-order valence-corrected chi connectivity index (χ4v) is 8.29. The van der Waals surface area contributed by atoms with E-state index in [2.05, 4.69) is 184 Å². The third-order valence-electron chi connectivity index (χ3n) is 11.2. The summed E-state index contributed by atoms with van der Waals surface area (Å²) >= 11 is 0. The lowest BCUT2D eigenvalue weighted by Gasteiger charge is -2.21. The number of nitrogens with zero attached hydrogens (tertiary/aromatic N) is 6. The second-order valence-electron chi connectivity index (χ2n) is 14.9. The first-order chi connectivity index (χ1) is 30.2. The second kappa shape index (κ2) is 15.4. The summed E-state index contributed by atoms with van der Waals surface area (Å²) in [4.78, 5) is 24.4. The standard InChI is InChI=1S/C55H36N6/c1-5-17-37(18-6-1)41-27-29-50-46(33-41)47-34-42(38-19-7-2-8-20-38)28-30-51(47)61(50)52-44(39-21-9-3-10-22-39)35-43(36-45(52)40-23-11-4-12-24-40)53-58-54(48-25-13-15-31-56-48)60-55(59-53)49-26-14-16-32-57-49/h1-36H. The van der Waals surface area contributed by atoms with Crippen molar-refractivity contribution >= 4 is 21.8 Å². The first-order valence-corrected chi connectivity index (χ1v) is 20.3. The fraction of sp³-hybridized carbons (Fsp3) is 0.